The largest absolute Gasteiger partial charge is 0.494 e. The van der Waals surface area contributed by atoms with Gasteiger partial charge in [0.1, 0.15) is 5.75 Å². The summed E-state index contributed by atoms with van der Waals surface area (Å²) in [5, 5.41) is 2.78. The van der Waals surface area contributed by atoms with Crippen molar-refractivity contribution >= 4 is 31.9 Å². The molecule has 2 aromatic rings. The molecule has 27 heavy (non-hydrogen) atoms. The molecular formula is C19H23BrN2O4S. The number of halogens is 1. The Bertz CT molecular complexity index is 914. The summed E-state index contributed by atoms with van der Waals surface area (Å²) in [6, 6.07) is 12.3. The number of hydrogen-bond acceptors (Lipinski definition) is 4. The van der Waals surface area contributed by atoms with Gasteiger partial charge in [-0.25, -0.2) is 12.7 Å². The second-order valence-electron chi connectivity index (χ2n) is 6.21. The number of carbonyl (C=O) groups is 1. The minimum atomic E-state index is -3.64. The molecule has 8 heteroatoms. The van der Waals surface area contributed by atoms with E-state index in [9.17, 15) is 13.2 Å². The van der Waals surface area contributed by atoms with Crippen LogP contribution in [0.4, 0.5) is 0 Å². The highest BCUT2D eigenvalue weighted by molar-refractivity contribution is 9.10. The maximum Gasteiger partial charge on any atom is 0.251 e. The molecule has 0 bridgehead atoms. The second kappa shape index (κ2) is 9.34. The number of rotatable bonds is 8. The van der Waals surface area contributed by atoms with Crippen LogP contribution in [0, 0.1) is 6.92 Å². The number of carbonyl (C=O) groups excluding carboxylic acids is 1. The number of aryl methyl sites for hydroxylation is 1. The first-order valence-corrected chi connectivity index (χ1v) is 10.6. The Morgan fingerprint density at radius 2 is 1.93 bits per heavy atom. The van der Waals surface area contributed by atoms with Gasteiger partial charge >= 0.3 is 0 Å². The van der Waals surface area contributed by atoms with Crippen LogP contribution in [-0.2, 0) is 10.0 Å². The molecule has 0 spiro atoms. The number of ether oxygens (including phenoxy) is 1. The van der Waals surface area contributed by atoms with Gasteiger partial charge in [-0.3, -0.25) is 4.79 Å². The van der Waals surface area contributed by atoms with E-state index >= 15 is 0 Å². The second-order valence-corrected chi connectivity index (χ2v) is 9.18. The van der Waals surface area contributed by atoms with Crippen LogP contribution in [0.3, 0.4) is 0 Å². The molecule has 0 aromatic heterocycles. The highest BCUT2D eigenvalue weighted by Crippen LogP contribution is 2.25. The lowest BCUT2D eigenvalue weighted by Crippen LogP contribution is -2.27. The smallest absolute Gasteiger partial charge is 0.251 e. The molecule has 146 valence electrons. The third-order valence-electron chi connectivity index (χ3n) is 3.82. The molecule has 0 aliphatic rings. The van der Waals surface area contributed by atoms with Gasteiger partial charge in [-0.1, -0.05) is 12.1 Å². The van der Waals surface area contributed by atoms with Gasteiger partial charge in [-0.2, -0.15) is 0 Å². The standard InChI is InChI=1S/C19H23BrN2O4S/c1-14-6-4-7-16(12-14)26-11-5-10-21-19(23)15-8-9-17(20)18(13-15)27(24,25)22(2)3/h4,6-9,12-13H,5,10-11H2,1-3H3,(H,21,23). The molecule has 2 rings (SSSR count). The van der Waals surface area contributed by atoms with E-state index in [-0.39, 0.29) is 10.8 Å². The van der Waals surface area contributed by atoms with Gasteiger partial charge < -0.3 is 10.1 Å². The molecular weight excluding hydrogens is 432 g/mol. The average molecular weight is 455 g/mol. The fourth-order valence-electron chi connectivity index (χ4n) is 2.31. The Labute approximate surface area is 168 Å². The van der Waals surface area contributed by atoms with Crippen molar-refractivity contribution in [3.05, 3.63) is 58.1 Å². The normalized spacial score (nSPS) is 11.4. The fraction of sp³-hybridized carbons (Fsp3) is 0.316. The van der Waals surface area contributed by atoms with Crippen molar-refractivity contribution in [1.29, 1.82) is 0 Å². The van der Waals surface area contributed by atoms with Crippen LogP contribution in [0.15, 0.2) is 51.8 Å². The van der Waals surface area contributed by atoms with E-state index in [1.54, 1.807) is 12.1 Å². The number of amides is 1. The van der Waals surface area contributed by atoms with Gasteiger partial charge in [-0.05, 0) is 65.2 Å². The molecule has 6 nitrogen and oxygen atoms in total. The van der Waals surface area contributed by atoms with Crippen LogP contribution < -0.4 is 10.1 Å². The summed E-state index contributed by atoms with van der Waals surface area (Å²) in [6.07, 6.45) is 0.638. The van der Waals surface area contributed by atoms with E-state index in [1.165, 1.54) is 20.2 Å². The van der Waals surface area contributed by atoms with Crippen molar-refractivity contribution in [3.63, 3.8) is 0 Å². The zero-order valence-electron chi connectivity index (χ0n) is 15.5. The molecule has 0 aliphatic heterocycles. The average Bonchev–Trinajstić information content (AvgIpc) is 2.61. The van der Waals surface area contributed by atoms with Gasteiger partial charge in [0.05, 0.1) is 11.5 Å². The van der Waals surface area contributed by atoms with Crippen molar-refractivity contribution in [3.8, 4) is 5.75 Å². The minimum absolute atomic E-state index is 0.0583. The van der Waals surface area contributed by atoms with Gasteiger partial charge in [0.15, 0.2) is 0 Å². The zero-order chi connectivity index (χ0) is 20.0. The highest BCUT2D eigenvalue weighted by atomic mass is 79.9. The maximum absolute atomic E-state index is 12.3. The SMILES string of the molecule is Cc1cccc(OCCCNC(=O)c2ccc(Br)c(S(=O)(=O)N(C)C)c2)c1. The summed E-state index contributed by atoms with van der Waals surface area (Å²) in [5.74, 6) is 0.473. The molecule has 0 unspecified atom stereocenters. The van der Waals surface area contributed by atoms with Crippen molar-refractivity contribution in [2.45, 2.75) is 18.2 Å². The summed E-state index contributed by atoms with van der Waals surface area (Å²) < 4.78 is 31.8. The molecule has 2 aromatic carbocycles. The molecule has 0 fully saturated rings. The quantitative estimate of drug-likeness (QED) is 0.621. The third-order valence-corrected chi connectivity index (χ3v) is 6.63. The van der Waals surface area contributed by atoms with Gasteiger partial charge in [0.2, 0.25) is 10.0 Å². The molecule has 0 aliphatic carbocycles. The van der Waals surface area contributed by atoms with E-state index in [0.29, 0.717) is 29.6 Å². The Kier molecular flexibility index (Phi) is 7.41. The predicted molar refractivity (Wildman–Crippen MR) is 109 cm³/mol. The summed E-state index contributed by atoms with van der Waals surface area (Å²) >= 11 is 3.23. The molecule has 0 saturated heterocycles. The van der Waals surface area contributed by atoms with E-state index in [2.05, 4.69) is 21.2 Å². The molecule has 0 saturated carbocycles. The first kappa shape index (κ1) is 21.4. The van der Waals surface area contributed by atoms with Crippen molar-refractivity contribution in [1.82, 2.24) is 9.62 Å². The van der Waals surface area contributed by atoms with Crippen molar-refractivity contribution in [2.24, 2.45) is 0 Å². The maximum atomic E-state index is 12.3. The lowest BCUT2D eigenvalue weighted by atomic mass is 10.2. The first-order valence-electron chi connectivity index (χ1n) is 8.41. The van der Waals surface area contributed by atoms with E-state index in [1.807, 2.05) is 31.2 Å². The van der Waals surface area contributed by atoms with E-state index < -0.39 is 10.0 Å². The fourth-order valence-corrected chi connectivity index (χ4v) is 4.15. The zero-order valence-corrected chi connectivity index (χ0v) is 17.9. The summed E-state index contributed by atoms with van der Waals surface area (Å²) in [6.45, 7) is 2.90. The molecule has 0 heterocycles. The van der Waals surface area contributed by atoms with Crippen molar-refractivity contribution in [2.75, 3.05) is 27.2 Å². The number of sulfonamides is 1. The van der Waals surface area contributed by atoms with Crippen LogP contribution >= 0.6 is 15.9 Å². The van der Waals surface area contributed by atoms with Crippen molar-refractivity contribution < 1.29 is 17.9 Å². The minimum Gasteiger partial charge on any atom is -0.494 e. The molecule has 1 amide bonds. The lowest BCUT2D eigenvalue weighted by Gasteiger charge is -2.14. The Morgan fingerprint density at radius 1 is 1.19 bits per heavy atom. The Morgan fingerprint density at radius 3 is 2.59 bits per heavy atom. The molecule has 0 radical (unpaired) electrons. The van der Waals surface area contributed by atoms with Gasteiger partial charge in [-0.15, -0.1) is 0 Å². The van der Waals surface area contributed by atoms with Crippen LogP contribution in [0.25, 0.3) is 0 Å². The Balaban J connectivity index is 1.91. The third kappa shape index (κ3) is 5.79. The summed E-state index contributed by atoms with van der Waals surface area (Å²) in [4.78, 5) is 12.4. The highest BCUT2D eigenvalue weighted by Gasteiger charge is 2.22. The van der Waals surface area contributed by atoms with Gasteiger partial charge in [0.25, 0.3) is 5.91 Å². The van der Waals surface area contributed by atoms with Crippen LogP contribution in [-0.4, -0.2) is 45.9 Å². The van der Waals surface area contributed by atoms with Crippen LogP contribution in [0.2, 0.25) is 0 Å². The van der Waals surface area contributed by atoms with E-state index in [0.717, 1.165) is 15.6 Å². The van der Waals surface area contributed by atoms with Crippen LogP contribution in [0.1, 0.15) is 22.3 Å². The number of benzene rings is 2. The lowest BCUT2D eigenvalue weighted by molar-refractivity contribution is 0.0951. The molecule has 0 atom stereocenters. The number of nitrogens with one attached hydrogen (secondary N) is 1. The molecule has 1 N–H and O–H groups in total. The monoisotopic (exact) mass is 454 g/mol. The Hall–Kier alpha value is -1.90. The van der Waals surface area contributed by atoms with E-state index in [4.69, 9.17) is 4.74 Å². The number of hydrogen-bond donors (Lipinski definition) is 1. The predicted octanol–water partition coefficient (Wildman–Crippen LogP) is 3.21. The summed E-state index contributed by atoms with van der Waals surface area (Å²) in [5.41, 5.74) is 1.41. The topological polar surface area (TPSA) is 75.7 Å². The summed E-state index contributed by atoms with van der Waals surface area (Å²) in [7, 11) is -0.746. The number of nitrogens with zero attached hydrogens (tertiary/aromatic N) is 1. The first-order chi connectivity index (χ1) is 12.7. The van der Waals surface area contributed by atoms with Crippen LogP contribution in [0.5, 0.6) is 5.75 Å². The van der Waals surface area contributed by atoms with Gasteiger partial charge in [0, 0.05) is 30.7 Å².